The van der Waals surface area contributed by atoms with E-state index < -0.39 is 10.0 Å². The molecule has 3 rings (SSSR count). The van der Waals surface area contributed by atoms with Crippen LogP contribution in [-0.4, -0.2) is 19.8 Å². The maximum Gasteiger partial charge on any atom is 0.218 e. The molecule has 0 aliphatic carbocycles. The van der Waals surface area contributed by atoms with E-state index in [1.807, 2.05) is 72.1 Å². The zero-order chi connectivity index (χ0) is 18.4. The number of hydrogen-bond donors (Lipinski definition) is 0. The van der Waals surface area contributed by atoms with Crippen molar-refractivity contribution in [2.75, 3.05) is 7.11 Å². The number of nitrogens with zero attached hydrogens (tertiary/aromatic N) is 1. The maximum atomic E-state index is 13.1. The number of ether oxygens (including phenoxy) is 1. The van der Waals surface area contributed by atoms with Crippen LogP contribution >= 0.6 is 11.3 Å². The third kappa shape index (κ3) is 4.72. The molecule has 0 N–H and O–H groups in total. The van der Waals surface area contributed by atoms with Gasteiger partial charge in [0.05, 0.1) is 12.9 Å². The monoisotopic (exact) mass is 387 g/mol. The Morgan fingerprint density at radius 1 is 0.923 bits per heavy atom. The number of hydrogen-bond acceptors (Lipinski definition) is 4. The van der Waals surface area contributed by atoms with Crippen LogP contribution in [0.2, 0.25) is 0 Å². The van der Waals surface area contributed by atoms with Crippen molar-refractivity contribution < 1.29 is 13.2 Å². The minimum Gasteiger partial charge on any atom is -0.496 e. The fourth-order valence-corrected chi connectivity index (χ4v) is 5.00. The number of sulfonamides is 1. The molecular formula is C20H21NO3S2. The Kier molecular flexibility index (Phi) is 6.08. The van der Waals surface area contributed by atoms with Gasteiger partial charge >= 0.3 is 0 Å². The Bertz CT molecular complexity index is 923. The molecule has 136 valence electrons. The van der Waals surface area contributed by atoms with Crippen LogP contribution in [0.15, 0.2) is 72.1 Å². The lowest BCUT2D eigenvalue weighted by molar-refractivity contribution is 0.377. The predicted molar refractivity (Wildman–Crippen MR) is 106 cm³/mol. The molecule has 0 bridgehead atoms. The summed E-state index contributed by atoms with van der Waals surface area (Å²) in [5.41, 5.74) is 1.63. The number of thiophene rings is 1. The minimum atomic E-state index is -3.49. The molecule has 0 aliphatic heterocycles. The maximum absolute atomic E-state index is 13.1. The highest BCUT2D eigenvalue weighted by Gasteiger charge is 2.24. The number of para-hydroxylation sites is 1. The smallest absolute Gasteiger partial charge is 0.218 e. The summed E-state index contributed by atoms with van der Waals surface area (Å²) in [7, 11) is -1.89. The van der Waals surface area contributed by atoms with Gasteiger partial charge in [0, 0.05) is 23.5 Å². The summed E-state index contributed by atoms with van der Waals surface area (Å²) >= 11 is 1.56. The number of rotatable bonds is 8. The van der Waals surface area contributed by atoms with Crippen molar-refractivity contribution in [1.29, 1.82) is 0 Å². The number of benzene rings is 2. The molecule has 2 aromatic carbocycles. The Hall–Kier alpha value is -2.15. The van der Waals surface area contributed by atoms with Gasteiger partial charge in [0.25, 0.3) is 0 Å². The molecule has 0 atom stereocenters. The Morgan fingerprint density at radius 3 is 2.35 bits per heavy atom. The molecular weight excluding hydrogens is 366 g/mol. The summed E-state index contributed by atoms with van der Waals surface area (Å²) in [6.45, 7) is 0.627. The third-order valence-electron chi connectivity index (χ3n) is 4.04. The van der Waals surface area contributed by atoms with E-state index >= 15 is 0 Å². The van der Waals surface area contributed by atoms with Crippen LogP contribution in [0.4, 0.5) is 0 Å². The van der Waals surface area contributed by atoms with Gasteiger partial charge in [-0.25, -0.2) is 8.42 Å². The summed E-state index contributed by atoms with van der Waals surface area (Å²) in [4.78, 5) is 1.01. The van der Waals surface area contributed by atoms with E-state index in [2.05, 4.69) is 0 Å². The minimum absolute atomic E-state index is 0.0195. The molecule has 3 aromatic rings. The molecule has 0 amide bonds. The van der Waals surface area contributed by atoms with Crippen LogP contribution in [0.5, 0.6) is 5.75 Å². The van der Waals surface area contributed by atoms with Crippen LogP contribution in [0, 0.1) is 0 Å². The van der Waals surface area contributed by atoms with Crippen molar-refractivity contribution in [3.05, 3.63) is 88.1 Å². The molecule has 4 nitrogen and oxygen atoms in total. The van der Waals surface area contributed by atoms with Crippen molar-refractivity contribution in [1.82, 2.24) is 4.31 Å². The first-order valence-electron chi connectivity index (χ1n) is 8.24. The van der Waals surface area contributed by atoms with Crippen molar-refractivity contribution >= 4 is 21.4 Å². The number of methoxy groups -OCH3 is 1. The van der Waals surface area contributed by atoms with E-state index in [1.54, 1.807) is 18.4 Å². The van der Waals surface area contributed by atoms with Gasteiger partial charge in [-0.3, -0.25) is 0 Å². The van der Waals surface area contributed by atoms with Crippen LogP contribution in [0.3, 0.4) is 0 Å². The van der Waals surface area contributed by atoms with E-state index in [0.29, 0.717) is 12.3 Å². The summed E-state index contributed by atoms with van der Waals surface area (Å²) < 4.78 is 33.2. The average Bonchev–Trinajstić information content (AvgIpc) is 3.15. The van der Waals surface area contributed by atoms with Crippen LogP contribution in [0.1, 0.15) is 16.0 Å². The zero-order valence-electron chi connectivity index (χ0n) is 14.5. The molecule has 0 saturated carbocycles. The second kappa shape index (κ2) is 8.49. The highest BCUT2D eigenvalue weighted by Crippen LogP contribution is 2.24. The molecule has 0 spiro atoms. The van der Waals surface area contributed by atoms with Gasteiger partial charge < -0.3 is 4.74 Å². The summed E-state index contributed by atoms with van der Waals surface area (Å²) in [6.07, 6.45) is 0. The van der Waals surface area contributed by atoms with Crippen molar-refractivity contribution in [3.63, 3.8) is 0 Å². The van der Waals surface area contributed by atoms with Crippen molar-refractivity contribution in [3.8, 4) is 5.75 Å². The highest BCUT2D eigenvalue weighted by molar-refractivity contribution is 7.88. The van der Waals surface area contributed by atoms with Gasteiger partial charge in [-0.05, 0) is 23.1 Å². The molecule has 0 radical (unpaired) electrons. The van der Waals surface area contributed by atoms with Gasteiger partial charge in [0.2, 0.25) is 10.0 Å². The Labute approximate surface area is 158 Å². The van der Waals surface area contributed by atoms with Crippen LogP contribution < -0.4 is 4.74 Å². The highest BCUT2D eigenvalue weighted by atomic mass is 32.2. The van der Waals surface area contributed by atoms with Gasteiger partial charge in [-0.2, -0.15) is 4.31 Å². The fourth-order valence-electron chi connectivity index (χ4n) is 2.73. The normalized spacial score (nSPS) is 11.6. The van der Waals surface area contributed by atoms with E-state index in [0.717, 1.165) is 16.0 Å². The molecule has 0 unspecified atom stereocenters. The van der Waals surface area contributed by atoms with E-state index in [9.17, 15) is 8.42 Å². The topological polar surface area (TPSA) is 46.6 Å². The van der Waals surface area contributed by atoms with Crippen molar-refractivity contribution in [2.24, 2.45) is 0 Å². The second-order valence-corrected chi connectivity index (χ2v) is 8.90. The molecule has 0 aliphatic rings. The second-order valence-electron chi connectivity index (χ2n) is 5.90. The van der Waals surface area contributed by atoms with Gasteiger partial charge in [0.1, 0.15) is 5.75 Å². The first-order valence-corrected chi connectivity index (χ1v) is 10.7. The zero-order valence-corrected chi connectivity index (χ0v) is 16.2. The van der Waals surface area contributed by atoms with E-state index in [1.165, 1.54) is 4.31 Å². The molecule has 0 fully saturated rings. The third-order valence-corrected chi connectivity index (χ3v) is 6.64. The summed E-state index contributed by atoms with van der Waals surface area (Å²) in [5.74, 6) is 0.674. The van der Waals surface area contributed by atoms with Gasteiger partial charge in [-0.15, -0.1) is 11.3 Å². The summed E-state index contributed by atoms with van der Waals surface area (Å²) in [5, 5.41) is 1.96. The molecule has 26 heavy (non-hydrogen) atoms. The molecule has 1 heterocycles. The van der Waals surface area contributed by atoms with Gasteiger partial charge in [-0.1, -0.05) is 54.6 Å². The average molecular weight is 388 g/mol. The Balaban J connectivity index is 1.89. The standard InChI is InChI=1S/C20H21NO3S2/c1-24-20-12-6-5-10-18(20)14-21(15-19-11-7-13-25-19)26(22,23)16-17-8-3-2-4-9-17/h2-13H,14-16H2,1H3. The van der Waals surface area contributed by atoms with E-state index in [-0.39, 0.29) is 12.3 Å². The quantitative estimate of drug-likeness (QED) is 0.579. The SMILES string of the molecule is COc1ccccc1CN(Cc1cccs1)S(=O)(=O)Cc1ccccc1. The van der Waals surface area contributed by atoms with E-state index in [4.69, 9.17) is 4.74 Å². The lowest BCUT2D eigenvalue weighted by Crippen LogP contribution is -2.31. The first kappa shape index (κ1) is 18.6. The van der Waals surface area contributed by atoms with Crippen LogP contribution in [0.25, 0.3) is 0 Å². The predicted octanol–water partition coefficient (Wildman–Crippen LogP) is 4.29. The lowest BCUT2D eigenvalue weighted by Gasteiger charge is -2.23. The van der Waals surface area contributed by atoms with Crippen LogP contribution in [-0.2, 0) is 28.9 Å². The first-order chi connectivity index (χ1) is 12.6. The lowest BCUT2D eigenvalue weighted by atomic mass is 10.2. The van der Waals surface area contributed by atoms with Crippen molar-refractivity contribution in [2.45, 2.75) is 18.8 Å². The summed E-state index contributed by atoms with van der Waals surface area (Å²) in [6, 6.07) is 20.7. The molecule has 6 heteroatoms. The molecule has 1 aromatic heterocycles. The Morgan fingerprint density at radius 2 is 1.65 bits per heavy atom. The fraction of sp³-hybridized carbons (Fsp3) is 0.200. The van der Waals surface area contributed by atoms with Gasteiger partial charge in [0.15, 0.2) is 0 Å². The molecule has 0 saturated heterocycles. The largest absolute Gasteiger partial charge is 0.496 e.